The van der Waals surface area contributed by atoms with Gasteiger partial charge in [0.15, 0.2) is 0 Å². The number of H-pyrrole nitrogens is 1. The summed E-state index contributed by atoms with van der Waals surface area (Å²) >= 11 is 0. The van der Waals surface area contributed by atoms with E-state index in [0.717, 1.165) is 17.2 Å². The number of aromatic nitrogens is 2. The maximum absolute atomic E-state index is 5.65. The van der Waals surface area contributed by atoms with Gasteiger partial charge in [0.25, 0.3) is 0 Å². The minimum atomic E-state index is 0. The molecule has 3 N–H and O–H groups in total. The second-order valence-electron chi connectivity index (χ2n) is 2.62. The van der Waals surface area contributed by atoms with Crippen LogP contribution in [-0.4, -0.2) is 9.97 Å². The van der Waals surface area contributed by atoms with E-state index < -0.39 is 0 Å². The number of aryl methyl sites for hydroxylation is 2. The molecule has 0 saturated heterocycles. The number of aromatic amines is 1. The largest absolute Gasteiger partial charge is 0.346 e. The van der Waals surface area contributed by atoms with E-state index in [9.17, 15) is 0 Å². The summed E-state index contributed by atoms with van der Waals surface area (Å²) in [6, 6.07) is 0.0324. The molecule has 0 aliphatic heterocycles. The van der Waals surface area contributed by atoms with E-state index in [1.165, 1.54) is 0 Å². The van der Waals surface area contributed by atoms with Crippen LogP contribution in [0.15, 0.2) is 0 Å². The number of halogens is 2. The number of hydrogen-bond donors (Lipinski definition) is 2. The van der Waals surface area contributed by atoms with Gasteiger partial charge < -0.3 is 10.7 Å². The van der Waals surface area contributed by atoms with Crippen LogP contribution in [0.2, 0.25) is 0 Å². The minimum Gasteiger partial charge on any atom is -0.346 e. The van der Waals surface area contributed by atoms with E-state index in [2.05, 4.69) is 9.97 Å². The van der Waals surface area contributed by atoms with Gasteiger partial charge in [-0.25, -0.2) is 4.98 Å². The molecule has 0 radical (unpaired) electrons. The Labute approximate surface area is 85.0 Å². The van der Waals surface area contributed by atoms with Crippen LogP contribution in [0.4, 0.5) is 0 Å². The third-order valence-electron chi connectivity index (χ3n) is 1.47. The van der Waals surface area contributed by atoms with Crippen molar-refractivity contribution in [1.29, 1.82) is 0 Å². The van der Waals surface area contributed by atoms with Gasteiger partial charge in [0.05, 0.1) is 5.69 Å². The van der Waals surface area contributed by atoms with Gasteiger partial charge in [-0.1, -0.05) is 0 Å². The highest BCUT2D eigenvalue weighted by Gasteiger charge is 2.06. The summed E-state index contributed by atoms with van der Waals surface area (Å²) < 4.78 is 0. The third-order valence-corrected chi connectivity index (χ3v) is 1.47. The van der Waals surface area contributed by atoms with Crippen LogP contribution in [0.3, 0.4) is 0 Å². The molecular formula is C7H15Cl2N3. The topological polar surface area (TPSA) is 54.7 Å². The van der Waals surface area contributed by atoms with Crippen LogP contribution in [0, 0.1) is 13.8 Å². The zero-order valence-electron chi connectivity index (χ0n) is 7.42. The average molecular weight is 212 g/mol. The quantitative estimate of drug-likeness (QED) is 0.746. The van der Waals surface area contributed by atoms with Crippen LogP contribution < -0.4 is 5.73 Å². The molecule has 5 heteroatoms. The number of hydrogen-bond acceptors (Lipinski definition) is 2. The molecule has 0 amide bonds. The lowest BCUT2D eigenvalue weighted by atomic mass is 10.2. The molecule has 0 bridgehead atoms. The van der Waals surface area contributed by atoms with Gasteiger partial charge in [-0.3, -0.25) is 0 Å². The SMILES string of the molecule is Cc1nc(C(C)N)c(C)[nH]1.Cl.Cl. The summed E-state index contributed by atoms with van der Waals surface area (Å²) in [6.07, 6.45) is 0. The highest BCUT2D eigenvalue weighted by Crippen LogP contribution is 2.10. The van der Waals surface area contributed by atoms with Crippen LogP contribution in [0.25, 0.3) is 0 Å². The van der Waals surface area contributed by atoms with Crippen molar-refractivity contribution in [2.45, 2.75) is 26.8 Å². The van der Waals surface area contributed by atoms with Gasteiger partial charge in [-0.2, -0.15) is 0 Å². The summed E-state index contributed by atoms with van der Waals surface area (Å²) in [6.45, 7) is 5.85. The van der Waals surface area contributed by atoms with E-state index in [1.807, 2.05) is 20.8 Å². The summed E-state index contributed by atoms with van der Waals surface area (Å²) in [7, 11) is 0. The molecule has 1 rings (SSSR count). The van der Waals surface area contributed by atoms with Gasteiger partial charge in [0.2, 0.25) is 0 Å². The van der Waals surface area contributed by atoms with Gasteiger partial charge in [0, 0.05) is 11.7 Å². The standard InChI is InChI=1S/C7H13N3.2ClH/c1-4(8)7-5(2)9-6(3)10-7;;/h4H,8H2,1-3H3,(H,9,10);2*1H. The second kappa shape index (κ2) is 5.41. The van der Waals surface area contributed by atoms with Crippen molar-refractivity contribution in [3.8, 4) is 0 Å². The molecule has 0 saturated carbocycles. The lowest BCUT2D eigenvalue weighted by molar-refractivity contribution is 0.778. The van der Waals surface area contributed by atoms with Gasteiger partial charge in [0.1, 0.15) is 5.82 Å². The van der Waals surface area contributed by atoms with Crippen LogP contribution in [-0.2, 0) is 0 Å². The maximum Gasteiger partial charge on any atom is 0.103 e. The maximum atomic E-state index is 5.65. The van der Waals surface area contributed by atoms with E-state index in [-0.39, 0.29) is 30.9 Å². The number of imidazole rings is 1. The first kappa shape index (κ1) is 14.3. The van der Waals surface area contributed by atoms with Crippen molar-refractivity contribution in [1.82, 2.24) is 9.97 Å². The third kappa shape index (κ3) is 3.01. The Kier molecular flexibility index (Phi) is 6.43. The fraction of sp³-hybridized carbons (Fsp3) is 0.571. The Morgan fingerprint density at radius 3 is 2.00 bits per heavy atom. The fourth-order valence-electron chi connectivity index (χ4n) is 1.07. The predicted octanol–water partition coefficient (Wildman–Crippen LogP) is 1.89. The number of nitrogens with one attached hydrogen (secondary N) is 1. The normalized spacial score (nSPS) is 11.3. The van der Waals surface area contributed by atoms with Crippen LogP contribution in [0.5, 0.6) is 0 Å². The Morgan fingerprint density at radius 2 is 1.83 bits per heavy atom. The second-order valence-corrected chi connectivity index (χ2v) is 2.62. The van der Waals surface area contributed by atoms with Crippen molar-refractivity contribution in [2.24, 2.45) is 5.73 Å². The number of nitrogens with two attached hydrogens (primary N) is 1. The first-order valence-corrected chi connectivity index (χ1v) is 3.40. The molecule has 1 aromatic heterocycles. The Morgan fingerprint density at radius 1 is 1.33 bits per heavy atom. The van der Waals surface area contributed by atoms with E-state index >= 15 is 0 Å². The summed E-state index contributed by atoms with van der Waals surface area (Å²) in [5.41, 5.74) is 7.69. The Balaban J connectivity index is 0. The predicted molar refractivity (Wildman–Crippen MR) is 55.2 cm³/mol. The molecule has 0 aromatic carbocycles. The highest BCUT2D eigenvalue weighted by molar-refractivity contribution is 5.85. The smallest absolute Gasteiger partial charge is 0.103 e. The van der Waals surface area contributed by atoms with E-state index in [1.54, 1.807) is 0 Å². The molecule has 0 aliphatic rings. The molecular weight excluding hydrogens is 197 g/mol. The molecule has 3 nitrogen and oxygen atoms in total. The molecule has 12 heavy (non-hydrogen) atoms. The van der Waals surface area contributed by atoms with Crippen molar-refractivity contribution in [2.75, 3.05) is 0 Å². The Hall–Kier alpha value is -0.250. The molecule has 0 fully saturated rings. The van der Waals surface area contributed by atoms with E-state index in [0.29, 0.717) is 0 Å². The molecule has 1 aromatic rings. The number of nitrogens with zero attached hydrogens (tertiary/aromatic N) is 1. The monoisotopic (exact) mass is 211 g/mol. The zero-order chi connectivity index (χ0) is 7.72. The molecule has 72 valence electrons. The molecule has 0 spiro atoms. The molecule has 1 unspecified atom stereocenters. The summed E-state index contributed by atoms with van der Waals surface area (Å²) in [4.78, 5) is 7.33. The van der Waals surface area contributed by atoms with Gasteiger partial charge in [-0.15, -0.1) is 24.8 Å². The van der Waals surface area contributed by atoms with Crippen LogP contribution >= 0.6 is 24.8 Å². The fourth-order valence-corrected chi connectivity index (χ4v) is 1.07. The van der Waals surface area contributed by atoms with E-state index in [4.69, 9.17) is 5.73 Å². The first-order valence-electron chi connectivity index (χ1n) is 3.40. The van der Waals surface area contributed by atoms with Gasteiger partial charge in [-0.05, 0) is 20.8 Å². The zero-order valence-corrected chi connectivity index (χ0v) is 9.05. The number of rotatable bonds is 1. The highest BCUT2D eigenvalue weighted by atomic mass is 35.5. The average Bonchev–Trinajstić information content (AvgIpc) is 2.10. The van der Waals surface area contributed by atoms with Gasteiger partial charge >= 0.3 is 0 Å². The molecule has 0 aliphatic carbocycles. The van der Waals surface area contributed by atoms with Crippen molar-refractivity contribution in [3.05, 3.63) is 17.2 Å². The molecule has 1 heterocycles. The molecule has 1 atom stereocenters. The first-order chi connectivity index (χ1) is 4.61. The Bertz CT molecular complexity index is 233. The minimum absolute atomic E-state index is 0. The lowest BCUT2D eigenvalue weighted by Gasteiger charge is -1.99. The van der Waals surface area contributed by atoms with Crippen molar-refractivity contribution >= 4 is 24.8 Å². The summed E-state index contributed by atoms with van der Waals surface area (Å²) in [5.74, 6) is 0.935. The van der Waals surface area contributed by atoms with Crippen molar-refractivity contribution < 1.29 is 0 Å². The summed E-state index contributed by atoms with van der Waals surface area (Å²) in [5, 5.41) is 0. The van der Waals surface area contributed by atoms with Crippen molar-refractivity contribution in [3.63, 3.8) is 0 Å². The van der Waals surface area contributed by atoms with Crippen LogP contribution in [0.1, 0.15) is 30.2 Å². The lowest BCUT2D eigenvalue weighted by Crippen LogP contribution is -2.06.